The first-order valence-electron chi connectivity index (χ1n) is 6.17. The van der Waals surface area contributed by atoms with E-state index in [1.54, 1.807) is 0 Å². The molecule has 3 nitrogen and oxygen atoms in total. The van der Waals surface area contributed by atoms with Gasteiger partial charge < -0.3 is 10.2 Å². The van der Waals surface area contributed by atoms with E-state index in [-0.39, 0.29) is 19.3 Å². The van der Waals surface area contributed by atoms with Crippen molar-refractivity contribution in [1.82, 2.24) is 4.90 Å². The van der Waals surface area contributed by atoms with E-state index in [4.69, 9.17) is 10.2 Å². The Kier molecular flexibility index (Phi) is 6.45. The average molecular weight is 247 g/mol. The third-order valence-corrected chi connectivity index (χ3v) is 2.87. The molecule has 0 radical (unpaired) electrons. The fraction of sp³-hybridized carbons (Fsp3) is 0.467. The standard InChI is InChI=1S/C15H21NO2/c1-13(12-18)16(2)11-15-8-6-14(7-9-15)5-3-4-10-17/h6-9,13,17-18H,4,10-12H2,1-2H3. The molecule has 3 heteroatoms. The van der Waals surface area contributed by atoms with Crippen LogP contribution in [-0.4, -0.2) is 41.4 Å². The van der Waals surface area contributed by atoms with Crippen molar-refractivity contribution >= 4 is 0 Å². The van der Waals surface area contributed by atoms with Gasteiger partial charge in [0.25, 0.3) is 0 Å². The molecule has 0 spiro atoms. The number of nitrogens with zero attached hydrogens (tertiary/aromatic N) is 1. The van der Waals surface area contributed by atoms with Gasteiger partial charge in [0.2, 0.25) is 0 Å². The first-order chi connectivity index (χ1) is 8.67. The largest absolute Gasteiger partial charge is 0.395 e. The van der Waals surface area contributed by atoms with Crippen molar-refractivity contribution in [2.45, 2.75) is 25.9 Å². The fourth-order valence-corrected chi connectivity index (χ4v) is 1.50. The van der Waals surface area contributed by atoms with Gasteiger partial charge >= 0.3 is 0 Å². The van der Waals surface area contributed by atoms with Gasteiger partial charge in [-0.25, -0.2) is 0 Å². The van der Waals surface area contributed by atoms with Crippen molar-refractivity contribution in [3.8, 4) is 11.8 Å². The zero-order valence-electron chi connectivity index (χ0n) is 11.1. The zero-order valence-corrected chi connectivity index (χ0v) is 11.1. The Morgan fingerprint density at radius 2 is 1.89 bits per heavy atom. The lowest BCUT2D eigenvalue weighted by molar-refractivity contribution is 0.154. The summed E-state index contributed by atoms with van der Waals surface area (Å²) in [5, 5.41) is 17.7. The van der Waals surface area contributed by atoms with Crippen molar-refractivity contribution in [2.75, 3.05) is 20.3 Å². The molecule has 0 saturated carbocycles. The highest BCUT2D eigenvalue weighted by Gasteiger charge is 2.07. The molecule has 0 amide bonds. The van der Waals surface area contributed by atoms with E-state index in [0.717, 1.165) is 12.1 Å². The third-order valence-electron chi connectivity index (χ3n) is 2.87. The van der Waals surface area contributed by atoms with Gasteiger partial charge in [-0.3, -0.25) is 4.90 Å². The van der Waals surface area contributed by atoms with Gasteiger partial charge in [-0.1, -0.05) is 24.0 Å². The first kappa shape index (κ1) is 14.7. The Bertz CT molecular complexity index is 403. The summed E-state index contributed by atoms with van der Waals surface area (Å²) >= 11 is 0. The lowest BCUT2D eigenvalue weighted by Gasteiger charge is -2.22. The van der Waals surface area contributed by atoms with Crippen LogP contribution in [0.3, 0.4) is 0 Å². The summed E-state index contributed by atoms with van der Waals surface area (Å²) in [6.07, 6.45) is 0.512. The number of benzene rings is 1. The predicted octanol–water partition coefficient (Wildman–Crippen LogP) is 1.23. The maximum absolute atomic E-state index is 9.07. The molecule has 0 saturated heterocycles. The molecule has 0 aliphatic carbocycles. The van der Waals surface area contributed by atoms with Crippen LogP contribution in [0.25, 0.3) is 0 Å². The molecule has 98 valence electrons. The van der Waals surface area contributed by atoms with Gasteiger partial charge in [0.15, 0.2) is 0 Å². The lowest BCUT2D eigenvalue weighted by Crippen LogP contribution is -2.31. The van der Waals surface area contributed by atoms with E-state index >= 15 is 0 Å². The molecule has 1 atom stereocenters. The minimum Gasteiger partial charge on any atom is -0.395 e. The molecule has 0 bridgehead atoms. The second-order valence-electron chi connectivity index (χ2n) is 4.42. The Morgan fingerprint density at radius 3 is 2.44 bits per heavy atom. The van der Waals surface area contributed by atoms with E-state index in [1.807, 2.05) is 38.2 Å². The minimum atomic E-state index is 0.106. The fourth-order valence-electron chi connectivity index (χ4n) is 1.50. The number of hydrogen-bond donors (Lipinski definition) is 2. The maximum atomic E-state index is 9.07. The molecular formula is C15H21NO2. The van der Waals surface area contributed by atoms with Gasteiger partial charge in [0, 0.05) is 24.6 Å². The van der Waals surface area contributed by atoms with Crippen LogP contribution in [0.2, 0.25) is 0 Å². The van der Waals surface area contributed by atoms with Crippen LogP contribution in [-0.2, 0) is 6.54 Å². The highest BCUT2D eigenvalue weighted by molar-refractivity contribution is 5.36. The summed E-state index contributed by atoms with van der Waals surface area (Å²) in [6.45, 7) is 3.08. The molecular weight excluding hydrogens is 226 g/mol. The Labute approximate surface area is 109 Å². The Morgan fingerprint density at radius 1 is 1.22 bits per heavy atom. The number of aliphatic hydroxyl groups is 2. The van der Waals surface area contributed by atoms with Crippen LogP contribution in [0.15, 0.2) is 24.3 Å². The average Bonchev–Trinajstić information content (AvgIpc) is 2.40. The highest BCUT2D eigenvalue weighted by atomic mass is 16.3. The summed E-state index contributed by atoms with van der Waals surface area (Å²) in [4.78, 5) is 2.10. The monoisotopic (exact) mass is 247 g/mol. The van der Waals surface area contributed by atoms with Gasteiger partial charge in [0.05, 0.1) is 13.2 Å². The smallest absolute Gasteiger partial charge is 0.0584 e. The maximum Gasteiger partial charge on any atom is 0.0584 e. The number of likely N-dealkylation sites (N-methyl/N-ethyl adjacent to an activating group) is 1. The van der Waals surface area contributed by atoms with E-state index in [9.17, 15) is 0 Å². The number of aliphatic hydroxyl groups excluding tert-OH is 2. The van der Waals surface area contributed by atoms with Crippen LogP contribution in [0, 0.1) is 11.8 Å². The molecule has 0 heterocycles. The number of rotatable bonds is 5. The van der Waals surface area contributed by atoms with Crippen molar-refractivity contribution in [1.29, 1.82) is 0 Å². The van der Waals surface area contributed by atoms with E-state index < -0.39 is 0 Å². The molecule has 0 aliphatic heterocycles. The molecule has 0 aromatic heterocycles. The quantitative estimate of drug-likeness (QED) is 0.769. The normalized spacial score (nSPS) is 12.1. The predicted molar refractivity (Wildman–Crippen MR) is 73.0 cm³/mol. The van der Waals surface area contributed by atoms with Gasteiger partial charge in [-0.2, -0.15) is 0 Å². The minimum absolute atomic E-state index is 0.106. The molecule has 2 N–H and O–H groups in total. The van der Waals surface area contributed by atoms with E-state index in [2.05, 4.69) is 16.7 Å². The summed E-state index contributed by atoms with van der Waals surface area (Å²) < 4.78 is 0. The molecule has 1 aromatic rings. The van der Waals surface area contributed by atoms with Crippen LogP contribution < -0.4 is 0 Å². The summed E-state index contributed by atoms with van der Waals surface area (Å²) in [7, 11) is 2.00. The Hall–Kier alpha value is -1.34. The second kappa shape index (κ2) is 7.88. The molecule has 0 fully saturated rings. The first-order valence-corrected chi connectivity index (χ1v) is 6.17. The zero-order chi connectivity index (χ0) is 13.4. The van der Waals surface area contributed by atoms with Crippen molar-refractivity contribution in [3.05, 3.63) is 35.4 Å². The number of hydrogen-bond acceptors (Lipinski definition) is 3. The van der Waals surface area contributed by atoms with Crippen LogP contribution in [0.4, 0.5) is 0 Å². The summed E-state index contributed by atoms with van der Waals surface area (Å²) in [5.41, 5.74) is 2.16. The van der Waals surface area contributed by atoms with Gasteiger partial charge in [-0.05, 0) is 31.7 Å². The molecule has 1 aromatic carbocycles. The van der Waals surface area contributed by atoms with Crippen LogP contribution >= 0.6 is 0 Å². The van der Waals surface area contributed by atoms with Gasteiger partial charge in [-0.15, -0.1) is 0 Å². The molecule has 1 unspecified atom stereocenters. The van der Waals surface area contributed by atoms with Crippen LogP contribution in [0.1, 0.15) is 24.5 Å². The van der Waals surface area contributed by atoms with E-state index in [1.165, 1.54) is 5.56 Å². The highest BCUT2D eigenvalue weighted by Crippen LogP contribution is 2.08. The van der Waals surface area contributed by atoms with Crippen molar-refractivity contribution < 1.29 is 10.2 Å². The van der Waals surface area contributed by atoms with Gasteiger partial charge in [0.1, 0.15) is 0 Å². The summed E-state index contributed by atoms with van der Waals surface area (Å²) in [5.74, 6) is 5.89. The molecule has 18 heavy (non-hydrogen) atoms. The van der Waals surface area contributed by atoms with E-state index in [0.29, 0.717) is 6.42 Å². The lowest BCUT2D eigenvalue weighted by atomic mass is 10.1. The van der Waals surface area contributed by atoms with Crippen LogP contribution in [0.5, 0.6) is 0 Å². The van der Waals surface area contributed by atoms with Crippen molar-refractivity contribution in [2.24, 2.45) is 0 Å². The summed E-state index contributed by atoms with van der Waals surface area (Å²) in [6, 6.07) is 8.22. The SMILES string of the molecule is CC(CO)N(C)Cc1ccc(C#CCCO)cc1. The second-order valence-corrected chi connectivity index (χ2v) is 4.42. The van der Waals surface area contributed by atoms with Crippen molar-refractivity contribution in [3.63, 3.8) is 0 Å². The molecule has 0 aliphatic rings. The molecule has 1 rings (SSSR count). The topological polar surface area (TPSA) is 43.7 Å². The third kappa shape index (κ3) is 4.89. The Balaban J connectivity index is 2.58.